The smallest absolute Gasteiger partial charge is 0.303 e. The molecule has 3 fully saturated rings. The molecular weight excluding hydrogens is 407 g/mol. The predicted octanol–water partition coefficient (Wildman–Crippen LogP) is 4.56. The highest BCUT2D eigenvalue weighted by Gasteiger charge is 2.70. The predicted molar refractivity (Wildman–Crippen MR) is 109 cm³/mol. The molecule has 0 spiro atoms. The molecule has 5 rings (SSSR count). The normalized spacial score (nSPS) is 48.4. The van der Waals surface area contributed by atoms with Crippen molar-refractivity contribution in [1.82, 2.24) is 0 Å². The summed E-state index contributed by atoms with van der Waals surface area (Å²) >= 11 is 6.76. The molecule has 0 radical (unpaired) electrons. The van der Waals surface area contributed by atoms with Crippen molar-refractivity contribution >= 4 is 29.1 Å². The third kappa shape index (κ3) is 2.31. The van der Waals surface area contributed by atoms with Crippen LogP contribution in [0.2, 0.25) is 0 Å². The van der Waals surface area contributed by atoms with Crippen molar-refractivity contribution in [2.24, 2.45) is 40.4 Å². The van der Waals surface area contributed by atoms with Crippen LogP contribution in [-0.2, 0) is 19.1 Å². The van der Waals surface area contributed by atoms with Crippen LogP contribution in [0, 0.1) is 40.4 Å². The Labute approximate surface area is 181 Å². The van der Waals surface area contributed by atoms with Crippen molar-refractivity contribution in [3.8, 4) is 0 Å². The Balaban J connectivity index is 1.59. The minimum absolute atomic E-state index is 0.0769. The lowest BCUT2D eigenvalue weighted by molar-refractivity contribution is -0.186. The number of halogens is 2. The minimum Gasteiger partial charge on any atom is -0.451 e. The number of carbonyl (C=O) groups excluding carboxylic acids is 3. The summed E-state index contributed by atoms with van der Waals surface area (Å²) < 4.78 is 19.3. The van der Waals surface area contributed by atoms with Gasteiger partial charge in [-0.25, -0.2) is 4.39 Å². The largest absolute Gasteiger partial charge is 0.451 e. The van der Waals surface area contributed by atoms with E-state index >= 15 is 0 Å². The van der Waals surface area contributed by atoms with E-state index in [1.165, 1.54) is 6.92 Å². The van der Waals surface area contributed by atoms with Gasteiger partial charge < -0.3 is 4.74 Å². The van der Waals surface area contributed by atoms with Crippen LogP contribution in [-0.4, -0.2) is 29.8 Å². The number of carbonyl (C=O) groups is 3. The Morgan fingerprint density at radius 2 is 1.90 bits per heavy atom. The molecule has 0 aromatic heterocycles. The standard InChI is InChI=1S/C24H28ClFO4/c1-12(27)30-24(21(29)11-26)7-5-15-13-9-19(25)18-10-20(28)14-8-17(14)23(18,3)16(13)4-6-22(15,24)2/h9-10,13-17H,4-8,11H2,1-3H3/t13-,14?,15-,16+,17?,22-,23+,24+/m0/s1. The lowest BCUT2D eigenvalue weighted by Gasteiger charge is -2.57. The van der Waals surface area contributed by atoms with Crippen molar-refractivity contribution in [2.45, 2.75) is 58.5 Å². The summed E-state index contributed by atoms with van der Waals surface area (Å²) in [6.45, 7) is 4.41. The van der Waals surface area contributed by atoms with E-state index in [1.807, 2.05) is 6.92 Å². The van der Waals surface area contributed by atoms with Crippen LogP contribution in [0.5, 0.6) is 0 Å². The molecule has 0 N–H and O–H groups in total. The fraction of sp³-hybridized carbons (Fsp3) is 0.708. The maximum atomic E-state index is 13.6. The average Bonchev–Trinajstić information content (AvgIpc) is 3.45. The summed E-state index contributed by atoms with van der Waals surface area (Å²) in [5, 5.41) is 0.642. The summed E-state index contributed by atoms with van der Waals surface area (Å²) in [5.41, 5.74) is -1.19. The number of hydrogen-bond acceptors (Lipinski definition) is 4. The molecule has 0 bridgehead atoms. The summed E-state index contributed by atoms with van der Waals surface area (Å²) in [4.78, 5) is 37.1. The summed E-state index contributed by atoms with van der Waals surface area (Å²) in [6.07, 6.45) is 7.34. The molecule has 3 saturated carbocycles. The second-order valence-corrected chi connectivity index (χ2v) is 10.9. The van der Waals surface area contributed by atoms with Gasteiger partial charge in [0.05, 0.1) is 0 Å². The van der Waals surface area contributed by atoms with E-state index in [4.69, 9.17) is 16.3 Å². The van der Waals surface area contributed by atoms with Crippen LogP contribution < -0.4 is 0 Å². The van der Waals surface area contributed by atoms with Crippen LogP contribution >= 0.6 is 11.6 Å². The first kappa shape index (κ1) is 20.4. The molecule has 6 heteroatoms. The first-order valence-electron chi connectivity index (χ1n) is 11.0. The number of rotatable bonds is 3. The van der Waals surface area contributed by atoms with Crippen LogP contribution in [0.15, 0.2) is 22.8 Å². The van der Waals surface area contributed by atoms with Gasteiger partial charge in [0.25, 0.3) is 0 Å². The number of hydrogen-bond donors (Lipinski definition) is 0. The zero-order chi connectivity index (χ0) is 21.6. The topological polar surface area (TPSA) is 60.4 Å². The van der Waals surface area contributed by atoms with Gasteiger partial charge in [-0.2, -0.15) is 0 Å². The Morgan fingerprint density at radius 3 is 2.57 bits per heavy atom. The van der Waals surface area contributed by atoms with E-state index in [-0.39, 0.29) is 29.0 Å². The van der Waals surface area contributed by atoms with Gasteiger partial charge in [-0.05, 0) is 67.4 Å². The maximum absolute atomic E-state index is 13.6. The van der Waals surface area contributed by atoms with E-state index < -0.39 is 29.4 Å². The Morgan fingerprint density at radius 1 is 1.20 bits per heavy atom. The highest BCUT2D eigenvalue weighted by molar-refractivity contribution is 6.32. The quantitative estimate of drug-likeness (QED) is 0.611. The molecule has 30 heavy (non-hydrogen) atoms. The average molecular weight is 435 g/mol. The number of fused-ring (bicyclic) bond motifs is 7. The van der Waals surface area contributed by atoms with Crippen molar-refractivity contribution in [1.29, 1.82) is 0 Å². The molecule has 0 heterocycles. The van der Waals surface area contributed by atoms with E-state index in [0.717, 1.165) is 18.4 Å². The number of alkyl halides is 1. The number of allylic oxidation sites excluding steroid dienone is 4. The number of ether oxygens (including phenoxy) is 1. The van der Waals surface area contributed by atoms with Crippen LogP contribution in [0.3, 0.4) is 0 Å². The fourth-order valence-electron chi connectivity index (χ4n) is 8.00. The third-order valence-electron chi connectivity index (χ3n) is 9.50. The fourth-order valence-corrected chi connectivity index (χ4v) is 8.40. The molecule has 0 aliphatic heterocycles. The van der Waals surface area contributed by atoms with Crippen molar-refractivity contribution in [3.05, 3.63) is 22.8 Å². The van der Waals surface area contributed by atoms with Gasteiger partial charge in [0.2, 0.25) is 5.78 Å². The van der Waals surface area contributed by atoms with Gasteiger partial charge in [-0.15, -0.1) is 0 Å². The number of Topliss-reactive ketones (excluding diaryl/α,β-unsaturated/α-hetero) is 1. The lowest BCUT2D eigenvalue weighted by atomic mass is 9.47. The van der Waals surface area contributed by atoms with E-state index in [9.17, 15) is 18.8 Å². The molecule has 0 aromatic rings. The first-order valence-corrected chi connectivity index (χ1v) is 11.4. The maximum Gasteiger partial charge on any atom is 0.303 e. The van der Waals surface area contributed by atoms with Crippen LogP contribution in [0.1, 0.15) is 52.9 Å². The molecule has 0 aromatic carbocycles. The van der Waals surface area contributed by atoms with Gasteiger partial charge in [-0.3, -0.25) is 14.4 Å². The van der Waals surface area contributed by atoms with E-state index in [1.54, 1.807) is 6.08 Å². The molecule has 0 saturated heterocycles. The highest BCUT2D eigenvalue weighted by atomic mass is 35.5. The van der Waals surface area contributed by atoms with E-state index in [0.29, 0.717) is 36.1 Å². The lowest BCUT2D eigenvalue weighted by Crippen LogP contribution is -2.59. The highest BCUT2D eigenvalue weighted by Crippen LogP contribution is 2.72. The molecule has 5 aliphatic rings. The molecule has 0 amide bonds. The Bertz CT molecular complexity index is 924. The second kappa shape index (κ2) is 6.27. The molecule has 2 unspecified atom stereocenters. The molecule has 162 valence electrons. The Hall–Kier alpha value is -1.49. The number of ketones is 2. The van der Waals surface area contributed by atoms with Gasteiger partial charge >= 0.3 is 5.97 Å². The number of esters is 1. The second-order valence-electron chi connectivity index (χ2n) is 10.5. The summed E-state index contributed by atoms with van der Waals surface area (Å²) in [6, 6.07) is 0. The Kier molecular flexibility index (Phi) is 4.27. The van der Waals surface area contributed by atoms with Crippen LogP contribution in [0.25, 0.3) is 0 Å². The molecular formula is C24H28ClFO4. The first-order chi connectivity index (χ1) is 14.1. The van der Waals surface area contributed by atoms with Crippen LogP contribution in [0.4, 0.5) is 4.39 Å². The van der Waals surface area contributed by atoms with Gasteiger partial charge in [0.15, 0.2) is 18.1 Å². The minimum atomic E-state index is -1.40. The third-order valence-corrected chi connectivity index (χ3v) is 9.83. The van der Waals surface area contributed by atoms with Gasteiger partial charge in [0.1, 0.15) is 0 Å². The van der Waals surface area contributed by atoms with Gasteiger partial charge in [0, 0.05) is 28.7 Å². The van der Waals surface area contributed by atoms with Crippen molar-refractivity contribution < 1.29 is 23.5 Å². The SMILES string of the molecule is CC(=O)O[C@@]1(C(=O)CF)CC[C@H]2[C@@H]3C=C(Cl)C4=CC(=O)C5CC5[C@@]4(C)[C@@H]3CC[C@@]21C. The zero-order valence-corrected chi connectivity index (χ0v) is 18.4. The zero-order valence-electron chi connectivity index (χ0n) is 17.7. The summed E-state index contributed by atoms with van der Waals surface area (Å²) in [5.74, 6) is 0.00266. The molecule has 5 aliphatic carbocycles. The van der Waals surface area contributed by atoms with Crippen molar-refractivity contribution in [3.63, 3.8) is 0 Å². The summed E-state index contributed by atoms with van der Waals surface area (Å²) in [7, 11) is 0. The van der Waals surface area contributed by atoms with Crippen molar-refractivity contribution in [2.75, 3.05) is 6.67 Å². The molecule has 4 nitrogen and oxygen atoms in total. The van der Waals surface area contributed by atoms with Gasteiger partial charge in [-0.1, -0.05) is 31.5 Å². The van der Waals surface area contributed by atoms with E-state index in [2.05, 4.69) is 13.0 Å². The monoisotopic (exact) mass is 434 g/mol. The molecule has 8 atom stereocenters.